The molecule has 1 aromatic heterocycles. The van der Waals surface area contributed by atoms with Crippen LogP contribution >= 0.6 is 0 Å². The smallest absolute Gasteiger partial charge is 0.258 e. The predicted molar refractivity (Wildman–Crippen MR) is 96.7 cm³/mol. The molecule has 1 N–H and O–H groups in total. The Kier molecular flexibility index (Phi) is 3.64. The Morgan fingerprint density at radius 2 is 2.04 bits per heavy atom. The number of hydrogen-bond acceptors (Lipinski definition) is 3. The molecule has 1 aliphatic heterocycles. The van der Waals surface area contributed by atoms with Crippen LogP contribution in [0.1, 0.15) is 32.6 Å². The van der Waals surface area contributed by atoms with Crippen LogP contribution in [0.25, 0.3) is 10.9 Å². The molecule has 0 bridgehead atoms. The summed E-state index contributed by atoms with van der Waals surface area (Å²) in [4.78, 5) is 33.3. The molecule has 1 amide bonds. The summed E-state index contributed by atoms with van der Waals surface area (Å²) in [5, 5.41) is 0.495. The van der Waals surface area contributed by atoms with Crippen LogP contribution in [-0.2, 0) is 13.0 Å². The number of aromatic nitrogens is 2. The Morgan fingerprint density at radius 3 is 2.88 bits per heavy atom. The lowest BCUT2D eigenvalue weighted by molar-refractivity contribution is 0.0734. The lowest BCUT2D eigenvalue weighted by Crippen LogP contribution is -2.36. The zero-order valence-electron chi connectivity index (χ0n) is 14.3. The molecule has 4 rings (SSSR count). The van der Waals surface area contributed by atoms with E-state index in [9.17, 15) is 9.59 Å². The molecule has 126 valence electrons. The van der Waals surface area contributed by atoms with Gasteiger partial charge in [-0.15, -0.1) is 0 Å². The fraction of sp³-hybridized carbons (Fsp3) is 0.250. The van der Waals surface area contributed by atoms with Crippen molar-refractivity contribution in [2.24, 2.45) is 0 Å². The number of hydrogen-bond donors (Lipinski definition) is 1. The highest BCUT2D eigenvalue weighted by atomic mass is 16.2. The third-order valence-corrected chi connectivity index (χ3v) is 4.89. The zero-order valence-corrected chi connectivity index (χ0v) is 14.3. The SMILES string of the molecule is Cc1cc(C)c2c(c1)CCN(C(=O)c1ccc3c(=O)[nH]cnc3c1)C2. The summed E-state index contributed by atoms with van der Waals surface area (Å²) in [6, 6.07) is 9.46. The first-order chi connectivity index (χ1) is 12.0. The number of aromatic amines is 1. The van der Waals surface area contributed by atoms with Crippen molar-refractivity contribution in [3.8, 4) is 0 Å². The molecule has 3 aromatic rings. The van der Waals surface area contributed by atoms with Crippen LogP contribution in [0.4, 0.5) is 0 Å². The minimum Gasteiger partial charge on any atom is -0.334 e. The maximum absolute atomic E-state index is 12.9. The summed E-state index contributed by atoms with van der Waals surface area (Å²) in [7, 11) is 0. The molecule has 2 aromatic carbocycles. The van der Waals surface area contributed by atoms with E-state index in [1.807, 2.05) is 4.90 Å². The number of rotatable bonds is 1. The summed E-state index contributed by atoms with van der Waals surface area (Å²) < 4.78 is 0. The maximum Gasteiger partial charge on any atom is 0.258 e. The largest absolute Gasteiger partial charge is 0.334 e. The molecule has 0 fully saturated rings. The van der Waals surface area contributed by atoms with Crippen molar-refractivity contribution in [3.63, 3.8) is 0 Å². The van der Waals surface area contributed by atoms with E-state index < -0.39 is 0 Å². The van der Waals surface area contributed by atoms with Crippen molar-refractivity contribution >= 4 is 16.8 Å². The van der Waals surface area contributed by atoms with E-state index >= 15 is 0 Å². The first kappa shape index (κ1) is 15.6. The van der Waals surface area contributed by atoms with Gasteiger partial charge in [0.15, 0.2) is 0 Å². The average Bonchev–Trinajstić information content (AvgIpc) is 2.60. The van der Waals surface area contributed by atoms with Gasteiger partial charge in [-0.2, -0.15) is 0 Å². The number of fused-ring (bicyclic) bond motifs is 2. The highest BCUT2D eigenvalue weighted by Gasteiger charge is 2.23. The molecular weight excluding hydrogens is 314 g/mol. The summed E-state index contributed by atoms with van der Waals surface area (Å²) >= 11 is 0. The topological polar surface area (TPSA) is 66.1 Å². The Hall–Kier alpha value is -2.95. The molecule has 25 heavy (non-hydrogen) atoms. The molecule has 0 spiro atoms. The van der Waals surface area contributed by atoms with Crippen molar-refractivity contribution < 1.29 is 4.79 Å². The Morgan fingerprint density at radius 1 is 1.20 bits per heavy atom. The number of nitrogens with zero attached hydrogens (tertiary/aromatic N) is 2. The minimum atomic E-state index is -0.193. The number of benzene rings is 2. The third kappa shape index (κ3) is 2.71. The lowest BCUT2D eigenvalue weighted by atomic mass is 9.93. The van der Waals surface area contributed by atoms with Crippen LogP contribution in [-0.4, -0.2) is 27.3 Å². The summed E-state index contributed by atoms with van der Waals surface area (Å²) in [6.07, 6.45) is 2.23. The van der Waals surface area contributed by atoms with Crippen LogP contribution in [0.15, 0.2) is 41.5 Å². The van der Waals surface area contributed by atoms with Crippen LogP contribution in [0.3, 0.4) is 0 Å². The molecule has 0 radical (unpaired) electrons. The van der Waals surface area contributed by atoms with E-state index in [2.05, 4.69) is 35.9 Å². The van der Waals surface area contributed by atoms with Gasteiger partial charge in [-0.05, 0) is 55.2 Å². The second-order valence-electron chi connectivity index (χ2n) is 6.66. The average molecular weight is 333 g/mol. The fourth-order valence-electron chi connectivity index (χ4n) is 3.62. The molecule has 5 nitrogen and oxygen atoms in total. The van der Waals surface area contributed by atoms with E-state index in [4.69, 9.17) is 0 Å². The molecule has 0 aliphatic carbocycles. The summed E-state index contributed by atoms with van der Waals surface area (Å²) in [6.45, 7) is 5.54. The minimum absolute atomic E-state index is 0.0189. The van der Waals surface area contributed by atoms with Gasteiger partial charge < -0.3 is 9.88 Å². The van der Waals surface area contributed by atoms with Crippen molar-refractivity contribution in [3.05, 3.63) is 74.8 Å². The van der Waals surface area contributed by atoms with Gasteiger partial charge in [0.1, 0.15) is 0 Å². The number of carbonyl (C=O) groups is 1. The van der Waals surface area contributed by atoms with Crippen molar-refractivity contribution in [1.29, 1.82) is 0 Å². The van der Waals surface area contributed by atoms with Crippen LogP contribution in [0.5, 0.6) is 0 Å². The highest BCUT2D eigenvalue weighted by molar-refractivity contribution is 5.97. The normalized spacial score (nSPS) is 13.8. The van der Waals surface area contributed by atoms with E-state index in [0.29, 0.717) is 29.6 Å². The van der Waals surface area contributed by atoms with Crippen LogP contribution in [0, 0.1) is 13.8 Å². The molecule has 2 heterocycles. The molecule has 5 heteroatoms. The number of amides is 1. The molecule has 0 atom stereocenters. The van der Waals surface area contributed by atoms with Gasteiger partial charge in [0, 0.05) is 18.7 Å². The Bertz CT molecular complexity index is 1050. The van der Waals surface area contributed by atoms with Gasteiger partial charge in [-0.3, -0.25) is 9.59 Å². The number of aryl methyl sites for hydroxylation is 2. The number of nitrogens with one attached hydrogen (secondary N) is 1. The molecular formula is C20H19N3O2. The number of carbonyl (C=O) groups excluding carboxylic acids is 1. The van der Waals surface area contributed by atoms with Gasteiger partial charge in [0.25, 0.3) is 11.5 Å². The number of H-pyrrole nitrogens is 1. The zero-order chi connectivity index (χ0) is 17.6. The first-order valence-corrected chi connectivity index (χ1v) is 8.38. The van der Waals surface area contributed by atoms with Gasteiger partial charge in [-0.25, -0.2) is 4.98 Å². The van der Waals surface area contributed by atoms with Crippen LogP contribution in [0.2, 0.25) is 0 Å². The maximum atomic E-state index is 12.9. The molecule has 1 aliphatic rings. The van der Waals surface area contributed by atoms with Gasteiger partial charge >= 0.3 is 0 Å². The first-order valence-electron chi connectivity index (χ1n) is 8.38. The lowest BCUT2D eigenvalue weighted by Gasteiger charge is -2.30. The van der Waals surface area contributed by atoms with Crippen molar-refractivity contribution in [2.75, 3.05) is 6.54 Å². The third-order valence-electron chi connectivity index (χ3n) is 4.89. The predicted octanol–water partition coefficient (Wildman–Crippen LogP) is 2.74. The van der Waals surface area contributed by atoms with Crippen LogP contribution < -0.4 is 5.56 Å². The monoisotopic (exact) mass is 333 g/mol. The molecule has 0 unspecified atom stereocenters. The van der Waals surface area contributed by atoms with Gasteiger partial charge in [0.2, 0.25) is 0 Å². The second kappa shape index (κ2) is 5.84. The van der Waals surface area contributed by atoms with E-state index in [0.717, 1.165) is 6.42 Å². The van der Waals surface area contributed by atoms with E-state index in [1.165, 1.54) is 28.6 Å². The second-order valence-corrected chi connectivity index (χ2v) is 6.66. The fourth-order valence-corrected chi connectivity index (χ4v) is 3.62. The van der Waals surface area contributed by atoms with E-state index in [1.54, 1.807) is 18.2 Å². The summed E-state index contributed by atoms with van der Waals surface area (Å²) in [5.74, 6) is -0.0189. The van der Waals surface area contributed by atoms with E-state index in [-0.39, 0.29) is 11.5 Å². The summed E-state index contributed by atoms with van der Waals surface area (Å²) in [5.41, 5.74) is 6.01. The molecule has 0 saturated heterocycles. The quantitative estimate of drug-likeness (QED) is 0.745. The van der Waals surface area contributed by atoms with Crippen molar-refractivity contribution in [1.82, 2.24) is 14.9 Å². The molecule has 0 saturated carbocycles. The van der Waals surface area contributed by atoms with Gasteiger partial charge in [-0.1, -0.05) is 17.7 Å². The highest BCUT2D eigenvalue weighted by Crippen LogP contribution is 2.25. The van der Waals surface area contributed by atoms with Crippen molar-refractivity contribution in [2.45, 2.75) is 26.8 Å². The van der Waals surface area contributed by atoms with Gasteiger partial charge in [0.05, 0.1) is 17.2 Å². The Balaban J connectivity index is 1.67. The Labute approximate surface area is 145 Å². The standard InChI is InChI=1S/C20H19N3O2/c1-12-7-13(2)17-10-23(6-5-14(17)8-12)20(25)15-3-4-16-18(9-15)21-11-22-19(16)24/h3-4,7-9,11H,5-6,10H2,1-2H3,(H,21,22,24).